The molecule has 0 saturated carbocycles. The molecule has 2 rings (SSSR count). The largest absolute Gasteiger partial charge is 0.462 e. The van der Waals surface area contributed by atoms with Gasteiger partial charge in [0, 0.05) is 24.3 Å². The standard InChI is InChI=1S/C27H45NO3/c1-8-11-12-16-19-25(29)30-24-20-26(6,7)28(27(9-2,10-3)21(24)4)31-22(5)23-17-14-13-15-18-23/h13-15,17-18,21-22,24H,8-12,16,19-20H2,1-7H3. The van der Waals surface area contributed by atoms with Gasteiger partial charge in [0.05, 0.1) is 5.54 Å². The van der Waals surface area contributed by atoms with E-state index in [-0.39, 0.29) is 35.2 Å². The van der Waals surface area contributed by atoms with Crippen LogP contribution in [0.1, 0.15) is 112 Å². The van der Waals surface area contributed by atoms with Crippen LogP contribution in [-0.4, -0.2) is 28.2 Å². The summed E-state index contributed by atoms with van der Waals surface area (Å²) in [5, 5.41) is 2.26. The number of unbranched alkanes of at least 4 members (excludes halogenated alkanes) is 3. The van der Waals surface area contributed by atoms with Gasteiger partial charge in [0.1, 0.15) is 12.2 Å². The predicted octanol–water partition coefficient (Wildman–Crippen LogP) is 7.24. The molecule has 1 heterocycles. The fraction of sp³-hybridized carbons (Fsp3) is 0.741. The molecule has 4 nitrogen and oxygen atoms in total. The van der Waals surface area contributed by atoms with E-state index in [1.54, 1.807) is 0 Å². The zero-order valence-electron chi connectivity index (χ0n) is 20.9. The summed E-state index contributed by atoms with van der Waals surface area (Å²) in [6.07, 6.45) is 7.45. The summed E-state index contributed by atoms with van der Waals surface area (Å²) in [6.45, 7) is 15.4. The van der Waals surface area contributed by atoms with Crippen LogP contribution in [0.2, 0.25) is 0 Å². The molecule has 1 saturated heterocycles. The Morgan fingerprint density at radius 3 is 2.32 bits per heavy atom. The molecule has 0 radical (unpaired) electrons. The molecule has 31 heavy (non-hydrogen) atoms. The van der Waals surface area contributed by atoms with E-state index in [1.807, 2.05) is 6.07 Å². The summed E-state index contributed by atoms with van der Waals surface area (Å²) in [6, 6.07) is 10.4. The summed E-state index contributed by atoms with van der Waals surface area (Å²) in [4.78, 5) is 19.3. The van der Waals surface area contributed by atoms with E-state index < -0.39 is 0 Å². The van der Waals surface area contributed by atoms with Gasteiger partial charge in [0.2, 0.25) is 0 Å². The van der Waals surface area contributed by atoms with E-state index >= 15 is 0 Å². The first-order chi connectivity index (χ1) is 14.7. The molecule has 3 unspecified atom stereocenters. The molecule has 1 aromatic carbocycles. The third-order valence-corrected chi connectivity index (χ3v) is 7.33. The third kappa shape index (κ3) is 6.10. The maximum atomic E-state index is 12.6. The van der Waals surface area contributed by atoms with Crippen LogP contribution in [0.25, 0.3) is 0 Å². The second-order valence-corrected chi connectivity index (χ2v) is 9.91. The van der Waals surface area contributed by atoms with E-state index in [9.17, 15) is 4.79 Å². The van der Waals surface area contributed by atoms with Crippen molar-refractivity contribution in [3.8, 4) is 0 Å². The molecule has 0 aliphatic carbocycles. The normalized spacial score (nSPS) is 24.0. The molecule has 0 N–H and O–H groups in total. The van der Waals surface area contributed by atoms with E-state index in [4.69, 9.17) is 9.57 Å². The number of nitrogens with zero attached hydrogens (tertiary/aromatic N) is 1. The Morgan fingerprint density at radius 1 is 1.10 bits per heavy atom. The SMILES string of the molecule is CCCCCCC(=O)OC1CC(C)(C)N(OC(C)c2ccccc2)C(CC)(CC)C1C. The minimum Gasteiger partial charge on any atom is -0.462 e. The maximum absolute atomic E-state index is 12.6. The average molecular weight is 432 g/mol. The second kappa shape index (κ2) is 11.5. The lowest BCUT2D eigenvalue weighted by molar-refractivity contribution is -0.337. The van der Waals surface area contributed by atoms with Crippen LogP contribution >= 0.6 is 0 Å². The number of carbonyl (C=O) groups excluding carboxylic acids is 1. The van der Waals surface area contributed by atoms with Crippen molar-refractivity contribution in [1.29, 1.82) is 0 Å². The van der Waals surface area contributed by atoms with Gasteiger partial charge in [-0.05, 0) is 45.6 Å². The molecule has 1 aliphatic heterocycles. The van der Waals surface area contributed by atoms with Gasteiger partial charge >= 0.3 is 5.97 Å². The summed E-state index contributed by atoms with van der Waals surface area (Å²) in [7, 11) is 0. The number of hydrogen-bond donors (Lipinski definition) is 0. The number of ether oxygens (including phenoxy) is 1. The summed E-state index contributed by atoms with van der Waals surface area (Å²) < 4.78 is 6.10. The quantitative estimate of drug-likeness (QED) is 0.273. The summed E-state index contributed by atoms with van der Waals surface area (Å²) >= 11 is 0. The van der Waals surface area contributed by atoms with Crippen LogP contribution in [0.5, 0.6) is 0 Å². The molecule has 0 spiro atoms. The fourth-order valence-corrected chi connectivity index (χ4v) is 5.33. The Hall–Kier alpha value is -1.39. The first kappa shape index (κ1) is 25.9. The van der Waals surface area contributed by atoms with Crippen molar-refractivity contribution in [2.24, 2.45) is 5.92 Å². The van der Waals surface area contributed by atoms with E-state index in [2.05, 4.69) is 77.8 Å². The van der Waals surface area contributed by atoms with Crippen molar-refractivity contribution >= 4 is 5.97 Å². The van der Waals surface area contributed by atoms with Gasteiger partial charge in [0.15, 0.2) is 0 Å². The third-order valence-electron chi connectivity index (χ3n) is 7.33. The van der Waals surface area contributed by atoms with Crippen molar-refractivity contribution in [2.45, 2.75) is 123 Å². The van der Waals surface area contributed by atoms with Crippen LogP contribution in [0.4, 0.5) is 0 Å². The molecule has 176 valence electrons. The van der Waals surface area contributed by atoms with Crippen LogP contribution in [-0.2, 0) is 14.4 Å². The summed E-state index contributed by atoms with van der Waals surface area (Å²) in [5.41, 5.74) is 0.750. The smallest absolute Gasteiger partial charge is 0.306 e. The highest BCUT2D eigenvalue weighted by Gasteiger charge is 2.55. The first-order valence-corrected chi connectivity index (χ1v) is 12.4. The molecular formula is C27H45NO3. The number of carbonyl (C=O) groups is 1. The number of piperidine rings is 1. The van der Waals surface area contributed by atoms with Gasteiger partial charge < -0.3 is 4.74 Å². The van der Waals surface area contributed by atoms with Gasteiger partial charge in [-0.15, -0.1) is 0 Å². The van der Waals surface area contributed by atoms with E-state index in [0.717, 1.165) is 32.1 Å². The van der Waals surface area contributed by atoms with Crippen molar-refractivity contribution in [3.05, 3.63) is 35.9 Å². The first-order valence-electron chi connectivity index (χ1n) is 12.4. The van der Waals surface area contributed by atoms with E-state index in [0.29, 0.717) is 6.42 Å². The van der Waals surface area contributed by atoms with Gasteiger partial charge in [-0.1, -0.05) is 77.3 Å². The minimum absolute atomic E-state index is 0.0391. The molecule has 1 aromatic rings. The Bertz CT molecular complexity index is 668. The molecule has 1 fully saturated rings. The number of benzene rings is 1. The van der Waals surface area contributed by atoms with Gasteiger partial charge in [-0.25, -0.2) is 0 Å². The lowest BCUT2D eigenvalue weighted by Crippen LogP contribution is -2.68. The molecule has 0 bridgehead atoms. The number of hydrogen-bond acceptors (Lipinski definition) is 4. The van der Waals surface area contributed by atoms with Gasteiger partial charge in [0.25, 0.3) is 0 Å². The molecule has 4 heteroatoms. The molecular weight excluding hydrogens is 386 g/mol. The van der Waals surface area contributed by atoms with Crippen LogP contribution < -0.4 is 0 Å². The van der Waals surface area contributed by atoms with Crippen molar-refractivity contribution in [2.75, 3.05) is 0 Å². The topological polar surface area (TPSA) is 38.8 Å². The minimum atomic E-state index is -0.241. The van der Waals surface area contributed by atoms with Crippen LogP contribution in [0.3, 0.4) is 0 Å². The molecule has 3 atom stereocenters. The second-order valence-electron chi connectivity index (χ2n) is 9.91. The lowest BCUT2D eigenvalue weighted by atomic mass is 9.68. The van der Waals surface area contributed by atoms with Crippen LogP contribution in [0, 0.1) is 5.92 Å². The number of rotatable bonds is 11. The van der Waals surface area contributed by atoms with Crippen molar-refractivity contribution in [3.63, 3.8) is 0 Å². The number of esters is 1. The Labute approximate surface area is 190 Å². The van der Waals surface area contributed by atoms with Crippen LogP contribution in [0.15, 0.2) is 30.3 Å². The molecule has 0 aromatic heterocycles. The van der Waals surface area contributed by atoms with E-state index in [1.165, 1.54) is 18.4 Å². The fourth-order valence-electron chi connectivity index (χ4n) is 5.33. The monoisotopic (exact) mass is 431 g/mol. The van der Waals surface area contributed by atoms with Gasteiger partial charge in [-0.3, -0.25) is 9.63 Å². The Morgan fingerprint density at radius 2 is 1.74 bits per heavy atom. The Kier molecular flexibility index (Phi) is 9.57. The Balaban J connectivity index is 2.19. The highest BCUT2D eigenvalue weighted by atomic mass is 16.7. The zero-order valence-corrected chi connectivity index (χ0v) is 20.9. The molecule has 1 aliphatic rings. The highest BCUT2D eigenvalue weighted by molar-refractivity contribution is 5.69. The van der Waals surface area contributed by atoms with Crippen molar-refractivity contribution < 1.29 is 14.4 Å². The highest BCUT2D eigenvalue weighted by Crippen LogP contribution is 2.48. The average Bonchev–Trinajstić information content (AvgIpc) is 2.76. The number of hydroxylamine groups is 2. The lowest BCUT2D eigenvalue weighted by Gasteiger charge is -2.59. The zero-order chi connectivity index (χ0) is 23.1. The molecule has 0 amide bonds. The summed E-state index contributed by atoms with van der Waals surface area (Å²) in [5.74, 6) is 0.148. The van der Waals surface area contributed by atoms with Gasteiger partial charge in [-0.2, -0.15) is 5.06 Å². The predicted molar refractivity (Wildman–Crippen MR) is 128 cm³/mol. The maximum Gasteiger partial charge on any atom is 0.306 e. The van der Waals surface area contributed by atoms with Crippen molar-refractivity contribution in [1.82, 2.24) is 5.06 Å².